The van der Waals surface area contributed by atoms with Gasteiger partial charge in [-0.2, -0.15) is 13.2 Å². The van der Waals surface area contributed by atoms with Crippen molar-refractivity contribution in [3.05, 3.63) is 35.4 Å². The highest BCUT2D eigenvalue weighted by molar-refractivity contribution is 5.79. The highest BCUT2D eigenvalue weighted by Crippen LogP contribution is 2.65. The van der Waals surface area contributed by atoms with Gasteiger partial charge in [0.1, 0.15) is 0 Å². The van der Waals surface area contributed by atoms with Gasteiger partial charge in [-0.15, -0.1) is 0 Å². The van der Waals surface area contributed by atoms with Crippen LogP contribution in [0.4, 0.5) is 13.2 Å². The van der Waals surface area contributed by atoms with Crippen molar-refractivity contribution in [2.24, 2.45) is 16.7 Å². The number of hydrogen-bond acceptors (Lipinski definition) is 1. The van der Waals surface area contributed by atoms with E-state index in [1.807, 2.05) is 0 Å². The lowest BCUT2D eigenvalue weighted by Gasteiger charge is -2.39. The molecule has 1 amide bonds. The Morgan fingerprint density at radius 3 is 2.54 bits per heavy atom. The Morgan fingerprint density at radius 1 is 1.29 bits per heavy atom. The number of hydrogen-bond donors (Lipinski definition) is 1. The van der Waals surface area contributed by atoms with Gasteiger partial charge < -0.3 is 5.32 Å². The van der Waals surface area contributed by atoms with Gasteiger partial charge in [-0.3, -0.25) is 4.79 Å². The third-order valence-electron chi connectivity index (χ3n) is 6.75. The SMILES string of the molecule is CC1(C)[C@H]2CC[C@@]1(C)[C@@H](NC(=O)Cc1cccc(C(F)(F)F)c1)C2. The van der Waals surface area contributed by atoms with Crippen molar-refractivity contribution in [3.63, 3.8) is 0 Å². The van der Waals surface area contributed by atoms with Gasteiger partial charge in [-0.25, -0.2) is 0 Å². The Balaban J connectivity index is 1.67. The molecule has 2 aliphatic carbocycles. The highest BCUT2D eigenvalue weighted by Gasteiger charge is 2.61. The van der Waals surface area contributed by atoms with E-state index in [0.29, 0.717) is 11.5 Å². The largest absolute Gasteiger partial charge is 0.416 e. The van der Waals surface area contributed by atoms with Gasteiger partial charge in [0.15, 0.2) is 0 Å². The summed E-state index contributed by atoms with van der Waals surface area (Å²) >= 11 is 0. The summed E-state index contributed by atoms with van der Waals surface area (Å²) in [5.41, 5.74) is -0.0434. The number of nitrogens with one attached hydrogen (secondary N) is 1. The summed E-state index contributed by atoms with van der Waals surface area (Å²) in [7, 11) is 0. The molecule has 24 heavy (non-hydrogen) atoms. The van der Waals surface area contributed by atoms with Gasteiger partial charge in [0.2, 0.25) is 5.91 Å². The molecule has 132 valence electrons. The van der Waals surface area contributed by atoms with Crippen molar-refractivity contribution in [1.82, 2.24) is 5.32 Å². The molecular weight excluding hydrogens is 315 g/mol. The van der Waals surface area contributed by atoms with Crippen LogP contribution < -0.4 is 5.32 Å². The number of carbonyl (C=O) groups excluding carboxylic acids is 1. The zero-order valence-corrected chi connectivity index (χ0v) is 14.3. The zero-order chi connectivity index (χ0) is 17.8. The van der Waals surface area contributed by atoms with Crippen LogP contribution in [0.25, 0.3) is 0 Å². The third-order valence-corrected chi connectivity index (χ3v) is 6.75. The van der Waals surface area contributed by atoms with Gasteiger partial charge >= 0.3 is 6.18 Å². The summed E-state index contributed by atoms with van der Waals surface area (Å²) in [6.07, 6.45) is -1.13. The van der Waals surface area contributed by atoms with Crippen LogP contribution in [-0.2, 0) is 17.4 Å². The fourth-order valence-electron chi connectivity index (χ4n) is 4.71. The quantitative estimate of drug-likeness (QED) is 0.858. The maximum Gasteiger partial charge on any atom is 0.416 e. The number of amides is 1. The summed E-state index contributed by atoms with van der Waals surface area (Å²) in [5.74, 6) is 0.422. The van der Waals surface area contributed by atoms with Crippen LogP contribution in [-0.4, -0.2) is 11.9 Å². The number of carbonyl (C=O) groups is 1. The van der Waals surface area contributed by atoms with E-state index >= 15 is 0 Å². The lowest BCUT2D eigenvalue weighted by atomic mass is 9.69. The normalized spacial score (nSPS) is 31.2. The van der Waals surface area contributed by atoms with Crippen molar-refractivity contribution in [1.29, 1.82) is 0 Å². The standard InChI is InChI=1S/C19H24F3NO/c1-17(2)13-7-8-18(17,3)15(11-13)23-16(24)10-12-5-4-6-14(9-12)19(20,21)22/h4-6,9,13,15H,7-8,10-11H2,1-3H3,(H,23,24)/t13-,15-,18-/m0/s1. The second-order valence-electron chi connectivity index (χ2n) is 8.11. The number of fused-ring (bicyclic) bond motifs is 2. The van der Waals surface area contributed by atoms with E-state index in [9.17, 15) is 18.0 Å². The van der Waals surface area contributed by atoms with Crippen LogP contribution in [0.15, 0.2) is 24.3 Å². The molecule has 2 nitrogen and oxygen atoms in total. The van der Waals surface area contributed by atoms with Gasteiger partial charge in [0, 0.05) is 6.04 Å². The maximum atomic E-state index is 12.8. The fourth-order valence-corrected chi connectivity index (χ4v) is 4.71. The summed E-state index contributed by atoms with van der Waals surface area (Å²) in [4.78, 5) is 12.4. The maximum absolute atomic E-state index is 12.8. The van der Waals surface area contributed by atoms with Gasteiger partial charge in [-0.1, -0.05) is 39.0 Å². The van der Waals surface area contributed by atoms with Gasteiger partial charge in [0.05, 0.1) is 12.0 Å². The first-order valence-electron chi connectivity index (χ1n) is 8.49. The molecule has 0 radical (unpaired) electrons. The highest BCUT2D eigenvalue weighted by atomic mass is 19.4. The van der Waals surface area contributed by atoms with E-state index in [1.165, 1.54) is 12.5 Å². The smallest absolute Gasteiger partial charge is 0.353 e. The number of halogens is 3. The van der Waals surface area contributed by atoms with Crippen molar-refractivity contribution in [3.8, 4) is 0 Å². The Morgan fingerprint density at radius 2 is 2.00 bits per heavy atom. The molecule has 2 fully saturated rings. The first-order valence-corrected chi connectivity index (χ1v) is 8.49. The Bertz CT molecular complexity index is 652. The Hall–Kier alpha value is -1.52. The van der Waals surface area contributed by atoms with Gasteiger partial charge in [-0.05, 0) is 47.6 Å². The summed E-state index contributed by atoms with van der Waals surface area (Å²) in [6.45, 7) is 6.77. The first kappa shape index (κ1) is 17.3. The van der Waals surface area contributed by atoms with E-state index in [-0.39, 0.29) is 29.2 Å². The lowest BCUT2D eigenvalue weighted by Crippen LogP contribution is -2.47. The molecule has 0 heterocycles. The molecular formula is C19H24F3NO. The summed E-state index contributed by atoms with van der Waals surface area (Å²) in [5, 5.41) is 3.09. The van der Waals surface area contributed by atoms with Crippen LogP contribution in [0.1, 0.15) is 51.2 Å². The van der Waals surface area contributed by atoms with E-state index < -0.39 is 11.7 Å². The average Bonchev–Trinajstić information content (AvgIpc) is 2.80. The van der Waals surface area contributed by atoms with E-state index in [1.54, 1.807) is 6.07 Å². The molecule has 3 atom stereocenters. The van der Waals surface area contributed by atoms with Crippen LogP contribution in [0.5, 0.6) is 0 Å². The number of rotatable bonds is 3. The lowest BCUT2D eigenvalue weighted by molar-refractivity contribution is -0.137. The van der Waals surface area contributed by atoms with Crippen molar-refractivity contribution >= 4 is 5.91 Å². The van der Waals surface area contributed by atoms with Crippen molar-refractivity contribution in [2.75, 3.05) is 0 Å². The number of alkyl halides is 3. The molecule has 2 aliphatic rings. The van der Waals surface area contributed by atoms with Crippen LogP contribution in [0, 0.1) is 16.7 Å². The van der Waals surface area contributed by atoms with Crippen molar-refractivity contribution < 1.29 is 18.0 Å². The topological polar surface area (TPSA) is 29.1 Å². The molecule has 0 unspecified atom stereocenters. The predicted octanol–water partition coefficient (Wildman–Crippen LogP) is 4.58. The summed E-state index contributed by atoms with van der Waals surface area (Å²) in [6, 6.07) is 5.13. The molecule has 2 bridgehead atoms. The van der Waals surface area contributed by atoms with E-state index in [4.69, 9.17) is 0 Å². The predicted molar refractivity (Wildman–Crippen MR) is 86.3 cm³/mol. The fraction of sp³-hybridized carbons (Fsp3) is 0.632. The van der Waals surface area contributed by atoms with Crippen LogP contribution >= 0.6 is 0 Å². The van der Waals surface area contributed by atoms with Crippen LogP contribution in [0.3, 0.4) is 0 Å². The third kappa shape index (κ3) is 2.72. The second kappa shape index (κ2) is 5.50. The van der Waals surface area contributed by atoms with E-state index in [2.05, 4.69) is 26.1 Å². The Kier molecular flexibility index (Phi) is 3.97. The molecule has 1 N–H and O–H groups in total. The minimum absolute atomic E-state index is 0.0123. The Labute approximate surface area is 140 Å². The average molecular weight is 339 g/mol. The molecule has 3 rings (SSSR count). The molecule has 0 aromatic heterocycles. The summed E-state index contributed by atoms with van der Waals surface area (Å²) < 4.78 is 38.3. The van der Waals surface area contributed by atoms with Gasteiger partial charge in [0.25, 0.3) is 0 Å². The molecule has 5 heteroatoms. The van der Waals surface area contributed by atoms with Crippen LogP contribution in [0.2, 0.25) is 0 Å². The first-order chi connectivity index (χ1) is 11.0. The monoisotopic (exact) mass is 339 g/mol. The molecule has 0 spiro atoms. The molecule has 0 saturated heterocycles. The molecule has 1 aromatic carbocycles. The van der Waals surface area contributed by atoms with Crippen molar-refractivity contribution in [2.45, 2.75) is 58.7 Å². The van der Waals surface area contributed by atoms with E-state index in [0.717, 1.165) is 25.0 Å². The minimum Gasteiger partial charge on any atom is -0.353 e. The molecule has 0 aliphatic heterocycles. The zero-order valence-electron chi connectivity index (χ0n) is 14.3. The number of benzene rings is 1. The minimum atomic E-state index is -4.38. The molecule has 2 saturated carbocycles. The second-order valence-corrected chi connectivity index (χ2v) is 8.11. The molecule has 1 aromatic rings.